The quantitative estimate of drug-likeness (QED) is 0.863. The molecule has 96 valence electrons. The summed E-state index contributed by atoms with van der Waals surface area (Å²) in [6, 6.07) is 6.78. The number of nitrogens with zero attached hydrogens (tertiary/aromatic N) is 1. The first-order chi connectivity index (χ1) is 8.74. The Morgan fingerprint density at radius 1 is 1.22 bits per heavy atom. The first-order valence-corrected chi connectivity index (χ1v) is 6.90. The Balaban J connectivity index is 1.79. The molecule has 18 heavy (non-hydrogen) atoms. The van der Waals surface area contributed by atoms with Crippen molar-refractivity contribution >= 4 is 11.6 Å². The van der Waals surface area contributed by atoms with Gasteiger partial charge in [-0.3, -0.25) is 4.79 Å². The first-order valence-electron chi connectivity index (χ1n) is 6.90. The maximum atomic E-state index is 11.2. The van der Waals surface area contributed by atoms with Crippen molar-refractivity contribution < 1.29 is 4.79 Å². The van der Waals surface area contributed by atoms with Gasteiger partial charge in [0.25, 0.3) is 0 Å². The summed E-state index contributed by atoms with van der Waals surface area (Å²) in [5.74, 6) is -0.128. The van der Waals surface area contributed by atoms with E-state index in [1.807, 2.05) is 0 Å². The third-order valence-electron chi connectivity index (χ3n) is 4.29. The molecule has 0 bridgehead atoms. The second-order valence-corrected chi connectivity index (χ2v) is 5.49. The summed E-state index contributed by atoms with van der Waals surface area (Å²) in [6.07, 6.45) is 5.95. The molecule has 0 aromatic heterocycles. The monoisotopic (exact) mass is 244 g/mol. The van der Waals surface area contributed by atoms with E-state index in [-0.39, 0.29) is 11.8 Å². The Morgan fingerprint density at radius 3 is 2.72 bits per heavy atom. The average molecular weight is 244 g/mol. The van der Waals surface area contributed by atoms with Crippen LogP contribution < -0.4 is 10.6 Å². The van der Waals surface area contributed by atoms with Crippen molar-refractivity contribution in [3.8, 4) is 0 Å². The second kappa shape index (κ2) is 4.63. The summed E-state index contributed by atoms with van der Waals surface area (Å²) in [5, 5.41) is 0. The number of hydrogen-bond acceptors (Lipinski definition) is 2. The predicted octanol–water partition coefficient (Wildman–Crippen LogP) is 1.88. The van der Waals surface area contributed by atoms with Crippen molar-refractivity contribution in [1.82, 2.24) is 0 Å². The molecule has 1 fully saturated rings. The van der Waals surface area contributed by atoms with Gasteiger partial charge in [-0.15, -0.1) is 0 Å². The third kappa shape index (κ3) is 2.09. The van der Waals surface area contributed by atoms with Crippen molar-refractivity contribution in [3.05, 3.63) is 29.3 Å². The lowest BCUT2D eigenvalue weighted by Crippen LogP contribution is -2.27. The maximum Gasteiger partial charge on any atom is 0.222 e. The summed E-state index contributed by atoms with van der Waals surface area (Å²) in [5.41, 5.74) is 9.66. The Bertz CT molecular complexity index is 470. The number of fused-ring (bicyclic) bond motifs is 1. The van der Waals surface area contributed by atoms with Gasteiger partial charge in [0.1, 0.15) is 0 Å². The zero-order valence-corrected chi connectivity index (χ0v) is 10.7. The molecule has 1 saturated heterocycles. The number of hydrogen-bond donors (Lipinski definition) is 1. The van der Waals surface area contributed by atoms with Crippen molar-refractivity contribution in [2.24, 2.45) is 11.7 Å². The van der Waals surface area contributed by atoms with Gasteiger partial charge in [0, 0.05) is 18.8 Å². The molecule has 3 rings (SSSR count). The number of benzene rings is 1. The number of carbonyl (C=O) groups excluding carboxylic acids is 1. The van der Waals surface area contributed by atoms with Crippen LogP contribution >= 0.6 is 0 Å². The van der Waals surface area contributed by atoms with E-state index in [9.17, 15) is 4.79 Å². The van der Waals surface area contributed by atoms with Crippen LogP contribution in [-0.2, 0) is 17.6 Å². The largest absolute Gasteiger partial charge is 0.371 e. The highest BCUT2D eigenvalue weighted by molar-refractivity contribution is 5.78. The van der Waals surface area contributed by atoms with E-state index in [0.29, 0.717) is 0 Å². The second-order valence-electron chi connectivity index (χ2n) is 5.49. The minimum absolute atomic E-state index is 0.0287. The summed E-state index contributed by atoms with van der Waals surface area (Å²) < 4.78 is 0. The molecule has 1 heterocycles. The van der Waals surface area contributed by atoms with Crippen LogP contribution in [0.1, 0.15) is 30.4 Å². The van der Waals surface area contributed by atoms with Crippen LogP contribution in [-0.4, -0.2) is 19.0 Å². The van der Waals surface area contributed by atoms with E-state index in [1.165, 1.54) is 42.5 Å². The normalized spacial score (nSPS) is 22.9. The molecule has 1 amide bonds. The molecule has 1 unspecified atom stereocenters. The van der Waals surface area contributed by atoms with Crippen LogP contribution in [0.4, 0.5) is 5.69 Å². The molecule has 2 N–H and O–H groups in total. The summed E-state index contributed by atoms with van der Waals surface area (Å²) in [4.78, 5) is 13.5. The summed E-state index contributed by atoms with van der Waals surface area (Å²) in [7, 11) is 0. The minimum atomic E-state index is -0.157. The van der Waals surface area contributed by atoms with Gasteiger partial charge in [0.05, 0.1) is 5.92 Å². The van der Waals surface area contributed by atoms with Crippen LogP contribution in [0.2, 0.25) is 0 Å². The van der Waals surface area contributed by atoms with Crippen LogP contribution in [0.5, 0.6) is 0 Å². The lowest BCUT2D eigenvalue weighted by atomic mass is 9.91. The Hall–Kier alpha value is -1.51. The summed E-state index contributed by atoms with van der Waals surface area (Å²) in [6.45, 7) is 1.74. The Morgan fingerprint density at radius 2 is 2.00 bits per heavy atom. The van der Waals surface area contributed by atoms with Crippen molar-refractivity contribution in [2.45, 2.75) is 32.1 Å². The van der Waals surface area contributed by atoms with Crippen LogP contribution in [0.3, 0.4) is 0 Å². The molecule has 1 aliphatic carbocycles. The molecule has 3 nitrogen and oxygen atoms in total. The number of nitrogens with two attached hydrogens (primary N) is 1. The number of anilines is 1. The molecular formula is C15H20N2O. The van der Waals surface area contributed by atoms with Crippen LogP contribution in [0, 0.1) is 5.92 Å². The molecule has 1 aliphatic heterocycles. The molecule has 0 saturated carbocycles. The van der Waals surface area contributed by atoms with Crippen molar-refractivity contribution in [3.63, 3.8) is 0 Å². The van der Waals surface area contributed by atoms with Crippen LogP contribution in [0.25, 0.3) is 0 Å². The molecule has 0 radical (unpaired) electrons. The maximum absolute atomic E-state index is 11.2. The van der Waals surface area contributed by atoms with E-state index in [4.69, 9.17) is 5.73 Å². The molecule has 0 spiro atoms. The van der Waals surface area contributed by atoms with Crippen molar-refractivity contribution in [2.75, 3.05) is 18.0 Å². The highest BCUT2D eigenvalue weighted by atomic mass is 16.1. The molecule has 2 aliphatic rings. The number of carbonyl (C=O) groups is 1. The lowest BCUT2D eigenvalue weighted by Gasteiger charge is -2.22. The number of aryl methyl sites for hydroxylation is 2. The SMILES string of the molecule is NC(=O)C1CCN(c2ccc3c(c2)CCCC3)C1. The number of primary amides is 1. The fraction of sp³-hybridized carbons (Fsp3) is 0.533. The van der Waals surface area contributed by atoms with E-state index in [0.717, 1.165) is 19.5 Å². The van der Waals surface area contributed by atoms with Gasteiger partial charge in [0.15, 0.2) is 0 Å². The van der Waals surface area contributed by atoms with E-state index in [2.05, 4.69) is 23.1 Å². The fourth-order valence-electron chi connectivity index (χ4n) is 3.14. The Labute approximate surface area is 108 Å². The van der Waals surface area contributed by atoms with Gasteiger partial charge in [-0.05, 0) is 55.4 Å². The lowest BCUT2D eigenvalue weighted by molar-refractivity contribution is -0.121. The number of rotatable bonds is 2. The molecule has 1 atom stereocenters. The Kier molecular flexibility index (Phi) is 2.98. The zero-order chi connectivity index (χ0) is 12.5. The van der Waals surface area contributed by atoms with Gasteiger partial charge in [-0.2, -0.15) is 0 Å². The van der Waals surface area contributed by atoms with Gasteiger partial charge in [0.2, 0.25) is 5.91 Å². The predicted molar refractivity (Wildman–Crippen MR) is 72.6 cm³/mol. The van der Waals surface area contributed by atoms with Crippen LogP contribution in [0.15, 0.2) is 18.2 Å². The highest BCUT2D eigenvalue weighted by Gasteiger charge is 2.27. The van der Waals surface area contributed by atoms with Crippen molar-refractivity contribution in [1.29, 1.82) is 0 Å². The molecular weight excluding hydrogens is 224 g/mol. The highest BCUT2D eigenvalue weighted by Crippen LogP contribution is 2.29. The smallest absolute Gasteiger partial charge is 0.222 e. The molecule has 1 aromatic rings. The van der Waals surface area contributed by atoms with Gasteiger partial charge in [-0.1, -0.05) is 6.07 Å². The molecule has 1 aromatic carbocycles. The average Bonchev–Trinajstić information content (AvgIpc) is 2.88. The van der Waals surface area contributed by atoms with Gasteiger partial charge >= 0.3 is 0 Å². The van der Waals surface area contributed by atoms with E-state index >= 15 is 0 Å². The standard InChI is InChI=1S/C15H20N2O/c16-15(18)13-7-8-17(10-13)14-6-5-11-3-1-2-4-12(11)9-14/h5-6,9,13H,1-4,7-8,10H2,(H2,16,18). The molecule has 3 heteroatoms. The first kappa shape index (κ1) is 11.6. The fourth-order valence-corrected chi connectivity index (χ4v) is 3.14. The topological polar surface area (TPSA) is 46.3 Å². The number of amides is 1. The van der Waals surface area contributed by atoms with Gasteiger partial charge < -0.3 is 10.6 Å². The minimum Gasteiger partial charge on any atom is -0.371 e. The summed E-state index contributed by atoms with van der Waals surface area (Å²) >= 11 is 0. The van der Waals surface area contributed by atoms with E-state index < -0.39 is 0 Å². The van der Waals surface area contributed by atoms with E-state index in [1.54, 1.807) is 0 Å². The van der Waals surface area contributed by atoms with Gasteiger partial charge in [-0.25, -0.2) is 0 Å². The third-order valence-corrected chi connectivity index (χ3v) is 4.29. The zero-order valence-electron chi connectivity index (χ0n) is 10.7.